The van der Waals surface area contributed by atoms with Crippen molar-refractivity contribution in [3.63, 3.8) is 0 Å². The molecule has 2 aromatic rings. The molecule has 0 aliphatic carbocycles. The summed E-state index contributed by atoms with van der Waals surface area (Å²) in [5, 5.41) is 8.09. The second-order valence-corrected chi connectivity index (χ2v) is 5.98. The van der Waals surface area contributed by atoms with Crippen LogP contribution in [0.15, 0.2) is 18.5 Å². The molecule has 0 aliphatic heterocycles. The van der Waals surface area contributed by atoms with Gasteiger partial charge in [-0.15, -0.1) is 0 Å². The monoisotopic (exact) mass is 287 g/mol. The summed E-state index contributed by atoms with van der Waals surface area (Å²) >= 11 is 0. The molecule has 0 amide bonds. The number of rotatable bonds is 6. The number of hydrogen-bond acceptors (Lipinski definition) is 4. The Kier molecular flexibility index (Phi) is 5.07. The quantitative estimate of drug-likeness (QED) is 0.886. The Hall–Kier alpha value is -1.75. The molecular formula is C16H25N5. The number of nitrogens with zero attached hydrogens (tertiary/aromatic N) is 4. The van der Waals surface area contributed by atoms with E-state index in [1.165, 1.54) is 5.56 Å². The Bertz CT molecular complexity index is 574. The largest absolute Gasteiger partial charge is 0.314 e. The van der Waals surface area contributed by atoms with E-state index in [4.69, 9.17) is 0 Å². The minimum atomic E-state index is 0.523. The first-order valence-corrected chi connectivity index (χ1v) is 7.55. The molecule has 1 atom stereocenters. The summed E-state index contributed by atoms with van der Waals surface area (Å²) in [6, 6.07) is 2.34. The van der Waals surface area contributed by atoms with Crippen LogP contribution in [0, 0.1) is 19.8 Å². The maximum Gasteiger partial charge on any atom is 0.250 e. The van der Waals surface area contributed by atoms with E-state index in [1.807, 2.05) is 10.7 Å². The molecule has 114 valence electrons. The van der Waals surface area contributed by atoms with Crippen LogP contribution in [0.25, 0.3) is 5.95 Å². The van der Waals surface area contributed by atoms with Crippen molar-refractivity contribution in [1.82, 2.24) is 25.1 Å². The van der Waals surface area contributed by atoms with Crippen molar-refractivity contribution in [3.05, 3.63) is 35.4 Å². The van der Waals surface area contributed by atoms with E-state index >= 15 is 0 Å². The number of nitrogens with one attached hydrogen (secondary N) is 1. The fourth-order valence-corrected chi connectivity index (χ4v) is 2.42. The van der Waals surface area contributed by atoms with Crippen LogP contribution in [0.3, 0.4) is 0 Å². The van der Waals surface area contributed by atoms with Gasteiger partial charge in [0.25, 0.3) is 5.95 Å². The van der Waals surface area contributed by atoms with Gasteiger partial charge in [0.2, 0.25) is 0 Å². The normalized spacial score (nSPS) is 12.9. The van der Waals surface area contributed by atoms with Gasteiger partial charge >= 0.3 is 0 Å². The van der Waals surface area contributed by atoms with Crippen molar-refractivity contribution in [1.29, 1.82) is 0 Å². The summed E-state index contributed by atoms with van der Waals surface area (Å²) in [4.78, 5) is 8.56. The van der Waals surface area contributed by atoms with Gasteiger partial charge in [-0.2, -0.15) is 5.10 Å². The van der Waals surface area contributed by atoms with Crippen LogP contribution in [0.5, 0.6) is 0 Å². The number of aryl methyl sites for hydroxylation is 1. The van der Waals surface area contributed by atoms with Gasteiger partial charge in [-0.05, 0) is 44.4 Å². The molecule has 0 saturated heterocycles. The first kappa shape index (κ1) is 15.6. The standard InChI is InChI=1S/C16H25N5/c1-11(2)19-10-12(3)9-15-13(4)20-21(14(15)5)16-17-7-6-8-18-16/h6-8,11-12,19H,9-10H2,1-5H3. The van der Waals surface area contributed by atoms with E-state index < -0.39 is 0 Å². The highest BCUT2D eigenvalue weighted by molar-refractivity contribution is 5.29. The average Bonchev–Trinajstić information content (AvgIpc) is 2.74. The second kappa shape index (κ2) is 6.80. The molecule has 0 spiro atoms. The highest BCUT2D eigenvalue weighted by Gasteiger charge is 2.16. The minimum absolute atomic E-state index is 0.523. The van der Waals surface area contributed by atoms with Gasteiger partial charge in [-0.25, -0.2) is 14.6 Å². The summed E-state index contributed by atoms with van der Waals surface area (Å²) in [5.74, 6) is 1.21. The van der Waals surface area contributed by atoms with Crippen LogP contribution in [-0.2, 0) is 6.42 Å². The van der Waals surface area contributed by atoms with Crippen LogP contribution in [0.4, 0.5) is 0 Å². The van der Waals surface area contributed by atoms with Crippen molar-refractivity contribution in [2.75, 3.05) is 6.54 Å². The molecule has 0 saturated carbocycles. The molecular weight excluding hydrogens is 262 g/mol. The van der Waals surface area contributed by atoms with Crippen LogP contribution in [0.2, 0.25) is 0 Å². The maximum absolute atomic E-state index is 4.60. The van der Waals surface area contributed by atoms with Crippen LogP contribution in [-0.4, -0.2) is 32.3 Å². The maximum atomic E-state index is 4.60. The Morgan fingerprint density at radius 1 is 1.14 bits per heavy atom. The predicted octanol–water partition coefficient (Wildman–Crippen LogP) is 2.46. The third kappa shape index (κ3) is 3.88. The van der Waals surface area contributed by atoms with Crippen LogP contribution >= 0.6 is 0 Å². The lowest BCUT2D eigenvalue weighted by molar-refractivity contribution is 0.474. The Morgan fingerprint density at radius 3 is 2.43 bits per heavy atom. The lowest BCUT2D eigenvalue weighted by Crippen LogP contribution is -2.28. The van der Waals surface area contributed by atoms with Gasteiger partial charge in [-0.1, -0.05) is 20.8 Å². The predicted molar refractivity (Wildman–Crippen MR) is 84.6 cm³/mol. The van der Waals surface area contributed by atoms with E-state index in [1.54, 1.807) is 12.4 Å². The van der Waals surface area contributed by atoms with E-state index in [2.05, 4.69) is 55.0 Å². The van der Waals surface area contributed by atoms with Gasteiger partial charge in [0.1, 0.15) is 0 Å². The number of hydrogen-bond donors (Lipinski definition) is 1. The van der Waals surface area contributed by atoms with Crippen molar-refractivity contribution in [3.8, 4) is 5.95 Å². The Morgan fingerprint density at radius 2 is 1.81 bits per heavy atom. The SMILES string of the molecule is Cc1nn(-c2ncccn2)c(C)c1CC(C)CNC(C)C. The highest BCUT2D eigenvalue weighted by Crippen LogP contribution is 2.19. The van der Waals surface area contributed by atoms with Crippen molar-refractivity contribution in [2.24, 2.45) is 5.92 Å². The summed E-state index contributed by atoms with van der Waals surface area (Å²) in [6.07, 6.45) is 4.51. The molecule has 1 unspecified atom stereocenters. The third-order valence-corrected chi connectivity index (χ3v) is 3.61. The van der Waals surface area contributed by atoms with Crippen molar-refractivity contribution < 1.29 is 0 Å². The summed E-state index contributed by atoms with van der Waals surface area (Å²) in [6.45, 7) is 11.8. The zero-order valence-electron chi connectivity index (χ0n) is 13.6. The molecule has 0 aromatic carbocycles. The van der Waals surface area contributed by atoms with Gasteiger partial charge in [-0.3, -0.25) is 0 Å². The molecule has 0 aliphatic rings. The molecule has 2 rings (SSSR count). The molecule has 0 fully saturated rings. The molecule has 0 radical (unpaired) electrons. The van der Waals surface area contributed by atoms with E-state index in [9.17, 15) is 0 Å². The van der Waals surface area contributed by atoms with Gasteiger partial charge in [0, 0.05) is 24.1 Å². The minimum Gasteiger partial charge on any atom is -0.314 e. The fourth-order valence-electron chi connectivity index (χ4n) is 2.42. The Labute approximate surface area is 126 Å². The first-order valence-electron chi connectivity index (χ1n) is 7.55. The highest BCUT2D eigenvalue weighted by atomic mass is 15.4. The molecule has 2 heterocycles. The zero-order valence-corrected chi connectivity index (χ0v) is 13.6. The first-order chi connectivity index (χ1) is 9.99. The molecule has 5 heteroatoms. The topological polar surface area (TPSA) is 55.6 Å². The summed E-state index contributed by atoms with van der Waals surface area (Å²) in [5.41, 5.74) is 3.51. The smallest absolute Gasteiger partial charge is 0.250 e. The van der Waals surface area contributed by atoms with E-state index in [0.717, 1.165) is 24.4 Å². The number of aromatic nitrogens is 4. The Balaban J connectivity index is 2.16. The van der Waals surface area contributed by atoms with E-state index in [-0.39, 0.29) is 0 Å². The van der Waals surface area contributed by atoms with E-state index in [0.29, 0.717) is 17.9 Å². The lowest BCUT2D eigenvalue weighted by atomic mass is 9.99. The fraction of sp³-hybridized carbons (Fsp3) is 0.562. The molecule has 5 nitrogen and oxygen atoms in total. The van der Waals surface area contributed by atoms with Crippen LogP contribution < -0.4 is 5.32 Å². The molecule has 1 N–H and O–H groups in total. The lowest BCUT2D eigenvalue weighted by Gasteiger charge is -2.15. The zero-order chi connectivity index (χ0) is 15.4. The molecule has 21 heavy (non-hydrogen) atoms. The average molecular weight is 287 g/mol. The van der Waals surface area contributed by atoms with Crippen molar-refractivity contribution in [2.45, 2.75) is 47.1 Å². The second-order valence-electron chi connectivity index (χ2n) is 5.98. The molecule has 2 aromatic heterocycles. The summed E-state index contributed by atoms with van der Waals surface area (Å²) < 4.78 is 1.84. The van der Waals surface area contributed by atoms with Crippen molar-refractivity contribution >= 4 is 0 Å². The van der Waals surface area contributed by atoms with Gasteiger partial charge in [0.05, 0.1) is 5.69 Å². The third-order valence-electron chi connectivity index (χ3n) is 3.61. The van der Waals surface area contributed by atoms with Crippen LogP contribution in [0.1, 0.15) is 37.7 Å². The van der Waals surface area contributed by atoms with Gasteiger partial charge in [0.15, 0.2) is 0 Å². The van der Waals surface area contributed by atoms with Gasteiger partial charge < -0.3 is 5.32 Å². The molecule has 0 bridgehead atoms. The summed E-state index contributed by atoms with van der Waals surface area (Å²) in [7, 11) is 0.